The number of thiophene rings is 1. The second kappa shape index (κ2) is 5.65. The van der Waals surface area contributed by atoms with E-state index >= 15 is 0 Å². The Kier molecular flexibility index (Phi) is 3.88. The van der Waals surface area contributed by atoms with Gasteiger partial charge >= 0.3 is 0 Å². The Bertz CT molecular complexity index is 660. The van der Waals surface area contributed by atoms with Gasteiger partial charge in [-0.05, 0) is 24.3 Å². The van der Waals surface area contributed by atoms with Crippen LogP contribution in [-0.2, 0) is 23.1 Å². The fourth-order valence-corrected chi connectivity index (χ4v) is 4.18. The third-order valence-corrected chi connectivity index (χ3v) is 5.59. The van der Waals surface area contributed by atoms with E-state index in [1.54, 1.807) is 17.5 Å². The number of nitrogens with one attached hydrogen (secondary N) is 2. The highest BCUT2D eigenvalue weighted by Crippen LogP contribution is 2.24. The number of hydrogen-bond donors (Lipinski definition) is 2. The molecule has 0 atom stereocenters. The zero-order valence-electron chi connectivity index (χ0n) is 10.7. The lowest BCUT2D eigenvalue weighted by molar-refractivity contribution is 0.380. The van der Waals surface area contributed by atoms with Crippen molar-refractivity contribution in [1.82, 2.24) is 15.2 Å². The van der Waals surface area contributed by atoms with Crippen LogP contribution in [0.1, 0.15) is 23.5 Å². The molecular formula is C12H15N3O3S2. The summed E-state index contributed by atoms with van der Waals surface area (Å²) in [5.41, 5.74) is 0. The van der Waals surface area contributed by atoms with Gasteiger partial charge in [-0.2, -0.15) is 0 Å². The molecule has 20 heavy (non-hydrogen) atoms. The first kappa shape index (κ1) is 13.7. The van der Waals surface area contributed by atoms with Gasteiger partial charge in [-0.3, -0.25) is 0 Å². The number of rotatable bonds is 7. The van der Waals surface area contributed by atoms with Crippen LogP contribution in [0.15, 0.2) is 33.1 Å². The molecule has 0 aromatic carbocycles. The van der Waals surface area contributed by atoms with Gasteiger partial charge in [0.2, 0.25) is 10.0 Å². The van der Waals surface area contributed by atoms with E-state index in [0.29, 0.717) is 23.2 Å². The average molecular weight is 313 g/mol. The van der Waals surface area contributed by atoms with Crippen LogP contribution >= 0.6 is 11.3 Å². The smallest absolute Gasteiger partial charge is 0.242 e. The van der Waals surface area contributed by atoms with Crippen LogP contribution in [-0.4, -0.2) is 19.6 Å². The van der Waals surface area contributed by atoms with Crippen molar-refractivity contribution in [2.45, 2.75) is 36.9 Å². The summed E-state index contributed by atoms with van der Waals surface area (Å²) in [7, 11) is -3.52. The van der Waals surface area contributed by atoms with Gasteiger partial charge in [-0.1, -0.05) is 5.16 Å². The minimum absolute atomic E-state index is 0.105. The predicted octanol–water partition coefficient (Wildman–Crippen LogP) is 1.47. The lowest BCUT2D eigenvalue weighted by Crippen LogP contribution is -2.24. The first-order valence-electron chi connectivity index (χ1n) is 6.34. The van der Waals surface area contributed by atoms with Crippen LogP contribution < -0.4 is 10.0 Å². The quantitative estimate of drug-likeness (QED) is 0.808. The molecule has 8 heteroatoms. The third-order valence-electron chi connectivity index (χ3n) is 3.05. The van der Waals surface area contributed by atoms with E-state index in [0.717, 1.165) is 4.88 Å². The molecule has 0 aliphatic heterocycles. The Morgan fingerprint density at radius 1 is 1.35 bits per heavy atom. The van der Waals surface area contributed by atoms with E-state index in [2.05, 4.69) is 15.2 Å². The largest absolute Gasteiger partial charge is 0.360 e. The highest BCUT2D eigenvalue weighted by Gasteiger charge is 2.23. The fourth-order valence-electron chi connectivity index (χ4n) is 1.80. The molecule has 0 unspecified atom stereocenters. The molecule has 2 heterocycles. The molecule has 1 saturated carbocycles. The second-order valence-electron chi connectivity index (χ2n) is 4.67. The highest BCUT2D eigenvalue weighted by molar-refractivity contribution is 7.89. The van der Waals surface area contributed by atoms with E-state index in [1.807, 2.05) is 0 Å². The van der Waals surface area contributed by atoms with Crippen LogP contribution in [0.25, 0.3) is 0 Å². The molecule has 0 radical (unpaired) electrons. The maximum absolute atomic E-state index is 12.3. The van der Waals surface area contributed by atoms with Gasteiger partial charge in [0.05, 0.1) is 17.6 Å². The number of nitrogens with zero attached hydrogens (tertiary/aromatic N) is 1. The standard InChI is InChI=1S/C12H15N3O3S2/c16-20(17,15-7-10-3-5-14-18-10)12-4-6-19-11(12)8-13-9-1-2-9/h3-6,9,13,15H,1-2,7-8H2. The SMILES string of the molecule is O=S(=O)(NCc1ccno1)c1ccsc1CNC1CC1. The summed E-state index contributed by atoms with van der Waals surface area (Å²) in [6.07, 6.45) is 3.84. The molecule has 0 saturated heterocycles. The molecule has 1 fully saturated rings. The third kappa shape index (κ3) is 3.26. The van der Waals surface area contributed by atoms with Crippen molar-refractivity contribution >= 4 is 21.4 Å². The molecular weight excluding hydrogens is 298 g/mol. The molecule has 2 aromatic heterocycles. The molecule has 0 spiro atoms. The zero-order chi connectivity index (χ0) is 14.0. The van der Waals surface area contributed by atoms with Crippen LogP contribution in [0.5, 0.6) is 0 Å². The second-order valence-corrected chi connectivity index (χ2v) is 7.40. The Hall–Kier alpha value is -1.22. The predicted molar refractivity (Wildman–Crippen MR) is 74.7 cm³/mol. The molecule has 2 aromatic rings. The summed E-state index contributed by atoms with van der Waals surface area (Å²) < 4.78 is 32.0. The highest BCUT2D eigenvalue weighted by atomic mass is 32.2. The normalized spacial score (nSPS) is 15.6. The Balaban J connectivity index is 1.68. The van der Waals surface area contributed by atoms with E-state index < -0.39 is 10.0 Å². The van der Waals surface area contributed by atoms with Crippen molar-refractivity contribution in [3.05, 3.63) is 34.3 Å². The van der Waals surface area contributed by atoms with Crippen molar-refractivity contribution in [2.24, 2.45) is 0 Å². The number of sulfonamides is 1. The summed E-state index contributed by atoms with van der Waals surface area (Å²) in [5, 5.41) is 8.67. The van der Waals surface area contributed by atoms with E-state index in [-0.39, 0.29) is 6.54 Å². The Morgan fingerprint density at radius 3 is 2.90 bits per heavy atom. The van der Waals surface area contributed by atoms with Gasteiger partial charge in [0.25, 0.3) is 0 Å². The van der Waals surface area contributed by atoms with Gasteiger partial charge < -0.3 is 9.84 Å². The van der Waals surface area contributed by atoms with E-state index in [4.69, 9.17) is 4.52 Å². The van der Waals surface area contributed by atoms with E-state index in [1.165, 1.54) is 30.4 Å². The van der Waals surface area contributed by atoms with Gasteiger partial charge in [0.15, 0.2) is 5.76 Å². The molecule has 0 amide bonds. The van der Waals surface area contributed by atoms with Crippen LogP contribution in [0.2, 0.25) is 0 Å². The van der Waals surface area contributed by atoms with Crippen molar-refractivity contribution in [3.8, 4) is 0 Å². The summed E-state index contributed by atoms with van der Waals surface area (Å²) in [6.45, 7) is 0.703. The maximum Gasteiger partial charge on any atom is 0.242 e. The Morgan fingerprint density at radius 2 is 2.20 bits per heavy atom. The topological polar surface area (TPSA) is 84.2 Å². The lowest BCUT2D eigenvalue weighted by atomic mass is 10.4. The summed E-state index contributed by atoms with van der Waals surface area (Å²) in [6, 6.07) is 3.82. The van der Waals surface area contributed by atoms with Crippen molar-refractivity contribution in [2.75, 3.05) is 0 Å². The van der Waals surface area contributed by atoms with Crippen molar-refractivity contribution in [1.29, 1.82) is 0 Å². The molecule has 0 bridgehead atoms. The molecule has 108 valence electrons. The minimum atomic E-state index is -3.52. The minimum Gasteiger partial charge on any atom is -0.360 e. The zero-order valence-corrected chi connectivity index (χ0v) is 12.3. The number of aromatic nitrogens is 1. The molecule has 1 aliphatic carbocycles. The molecule has 2 N–H and O–H groups in total. The average Bonchev–Trinajstić information content (AvgIpc) is 2.94. The van der Waals surface area contributed by atoms with E-state index in [9.17, 15) is 8.42 Å². The first-order valence-corrected chi connectivity index (χ1v) is 8.70. The summed E-state index contributed by atoms with van der Waals surface area (Å²) in [4.78, 5) is 1.18. The van der Waals surface area contributed by atoms with Crippen molar-refractivity contribution < 1.29 is 12.9 Å². The van der Waals surface area contributed by atoms with Crippen LogP contribution in [0, 0.1) is 0 Å². The summed E-state index contributed by atoms with van der Waals surface area (Å²) in [5.74, 6) is 0.487. The van der Waals surface area contributed by atoms with Crippen LogP contribution in [0.3, 0.4) is 0 Å². The Labute approximate surface area is 121 Å². The maximum atomic E-state index is 12.3. The fraction of sp³-hybridized carbons (Fsp3) is 0.417. The molecule has 3 rings (SSSR count). The molecule has 1 aliphatic rings. The van der Waals surface area contributed by atoms with Gasteiger partial charge in [-0.15, -0.1) is 11.3 Å². The van der Waals surface area contributed by atoms with Gasteiger partial charge in [0, 0.05) is 23.5 Å². The molecule has 6 nitrogen and oxygen atoms in total. The van der Waals surface area contributed by atoms with Gasteiger partial charge in [-0.25, -0.2) is 13.1 Å². The lowest BCUT2D eigenvalue weighted by Gasteiger charge is -2.07. The monoisotopic (exact) mass is 313 g/mol. The van der Waals surface area contributed by atoms with Gasteiger partial charge in [0.1, 0.15) is 0 Å². The summed E-state index contributed by atoms with van der Waals surface area (Å²) >= 11 is 1.45. The number of hydrogen-bond acceptors (Lipinski definition) is 6. The first-order chi connectivity index (χ1) is 9.65. The van der Waals surface area contributed by atoms with Crippen LogP contribution in [0.4, 0.5) is 0 Å². The van der Waals surface area contributed by atoms with Crippen molar-refractivity contribution in [3.63, 3.8) is 0 Å².